The van der Waals surface area contributed by atoms with Crippen molar-refractivity contribution in [3.63, 3.8) is 0 Å². The lowest BCUT2D eigenvalue weighted by atomic mass is 10.2. The lowest BCUT2D eigenvalue weighted by molar-refractivity contribution is -0.123. The van der Waals surface area contributed by atoms with Crippen LogP contribution < -0.4 is 10.1 Å². The van der Waals surface area contributed by atoms with Crippen molar-refractivity contribution >= 4 is 40.5 Å². The molecule has 0 spiro atoms. The van der Waals surface area contributed by atoms with Gasteiger partial charge in [0.15, 0.2) is 6.61 Å². The Morgan fingerprint density at radius 1 is 1.22 bits per heavy atom. The summed E-state index contributed by atoms with van der Waals surface area (Å²) >= 11 is 3.95. The van der Waals surface area contributed by atoms with E-state index in [2.05, 4.69) is 27.4 Å². The topological polar surface area (TPSA) is 67.0 Å². The number of carbonyl (C=O) groups is 1. The van der Waals surface area contributed by atoms with E-state index in [1.165, 1.54) is 17.1 Å². The number of amides is 1. The Morgan fingerprint density at radius 3 is 2.70 bits per heavy atom. The van der Waals surface area contributed by atoms with E-state index in [9.17, 15) is 4.79 Å². The summed E-state index contributed by atoms with van der Waals surface area (Å²) in [7, 11) is 0. The molecule has 0 aliphatic carbocycles. The van der Waals surface area contributed by atoms with E-state index in [1.807, 2.05) is 66.8 Å². The number of hydrogen-bond acceptors (Lipinski definition) is 5. The third kappa shape index (κ3) is 4.42. The lowest BCUT2D eigenvalue weighted by Gasteiger charge is -2.13. The van der Waals surface area contributed by atoms with Crippen LogP contribution in [0.2, 0.25) is 0 Å². The van der Waals surface area contributed by atoms with Crippen molar-refractivity contribution in [3.8, 4) is 5.75 Å². The molecular formula is C20H21N3O2S2. The fourth-order valence-electron chi connectivity index (χ4n) is 2.95. The maximum absolute atomic E-state index is 12.2. The van der Waals surface area contributed by atoms with E-state index in [0.29, 0.717) is 10.3 Å². The number of nitrogens with zero attached hydrogens (tertiary/aromatic N) is 1. The first-order valence-corrected chi connectivity index (χ1v) is 11.0. The standard InChI is InChI=1S/C20H21N3O2S2/c1-13(19-22-16-4-2-3-5-17(16)23-19)21-18(24)12-25-15-8-6-14(7-9-15)20-26-10-11-27-20/h2-9,13,20H,10-12H2,1H3,(H,21,24)(H,22,23)/t13-/m1/s1. The fraction of sp³-hybridized carbons (Fsp3) is 0.300. The maximum atomic E-state index is 12.2. The molecule has 0 radical (unpaired) electrons. The number of para-hydroxylation sites is 2. The number of fused-ring (bicyclic) bond motifs is 1. The van der Waals surface area contributed by atoms with Gasteiger partial charge in [-0.05, 0) is 36.8 Å². The maximum Gasteiger partial charge on any atom is 0.258 e. The second-order valence-corrected chi connectivity index (χ2v) is 9.08. The Kier molecular flexibility index (Phi) is 5.59. The monoisotopic (exact) mass is 399 g/mol. The van der Waals surface area contributed by atoms with Gasteiger partial charge in [0.1, 0.15) is 11.6 Å². The zero-order chi connectivity index (χ0) is 18.6. The molecule has 1 saturated heterocycles. The van der Waals surface area contributed by atoms with Gasteiger partial charge in [-0.1, -0.05) is 24.3 Å². The van der Waals surface area contributed by atoms with Gasteiger partial charge >= 0.3 is 0 Å². The van der Waals surface area contributed by atoms with Crippen LogP contribution in [0.4, 0.5) is 0 Å². The van der Waals surface area contributed by atoms with Gasteiger partial charge < -0.3 is 15.0 Å². The van der Waals surface area contributed by atoms with E-state index in [0.717, 1.165) is 16.9 Å². The van der Waals surface area contributed by atoms with Crippen molar-refractivity contribution in [2.24, 2.45) is 0 Å². The second kappa shape index (κ2) is 8.27. The van der Waals surface area contributed by atoms with Crippen LogP contribution in [0.5, 0.6) is 5.75 Å². The molecule has 0 unspecified atom stereocenters. The van der Waals surface area contributed by atoms with E-state index in [-0.39, 0.29) is 18.6 Å². The average Bonchev–Trinajstić information content (AvgIpc) is 3.36. The van der Waals surface area contributed by atoms with Crippen molar-refractivity contribution in [2.45, 2.75) is 17.5 Å². The van der Waals surface area contributed by atoms with Crippen molar-refractivity contribution < 1.29 is 9.53 Å². The number of ether oxygens (including phenoxy) is 1. The zero-order valence-electron chi connectivity index (χ0n) is 15.0. The minimum Gasteiger partial charge on any atom is -0.484 e. The van der Waals surface area contributed by atoms with Gasteiger partial charge in [-0.3, -0.25) is 4.79 Å². The first-order valence-electron chi connectivity index (χ1n) is 8.89. The molecule has 1 aliphatic rings. The molecule has 5 nitrogen and oxygen atoms in total. The van der Waals surface area contributed by atoms with Crippen molar-refractivity contribution in [1.29, 1.82) is 0 Å². The Hall–Kier alpha value is -2.12. The predicted octanol–water partition coefficient (Wildman–Crippen LogP) is 4.30. The van der Waals surface area contributed by atoms with E-state index in [4.69, 9.17) is 4.74 Å². The zero-order valence-corrected chi connectivity index (χ0v) is 16.6. The van der Waals surface area contributed by atoms with Crippen LogP contribution in [-0.4, -0.2) is 34.0 Å². The molecule has 2 N–H and O–H groups in total. The molecule has 0 saturated carbocycles. The Bertz CT molecular complexity index is 887. The SMILES string of the molecule is C[C@@H](NC(=O)COc1ccc(C2SCCS2)cc1)c1nc2ccccc2[nH]1. The normalized spacial score (nSPS) is 15.7. The van der Waals surface area contributed by atoms with Crippen molar-refractivity contribution in [2.75, 3.05) is 18.1 Å². The van der Waals surface area contributed by atoms with Gasteiger partial charge in [-0.15, -0.1) is 23.5 Å². The van der Waals surface area contributed by atoms with Crippen molar-refractivity contribution in [3.05, 3.63) is 59.9 Å². The van der Waals surface area contributed by atoms with Gasteiger partial charge in [0.05, 0.1) is 21.7 Å². The molecule has 3 aromatic rings. The highest BCUT2D eigenvalue weighted by molar-refractivity contribution is 8.19. The van der Waals surface area contributed by atoms with Crippen LogP contribution in [0.25, 0.3) is 11.0 Å². The summed E-state index contributed by atoms with van der Waals surface area (Å²) in [5.41, 5.74) is 3.16. The molecule has 7 heteroatoms. The number of rotatable bonds is 6. The highest BCUT2D eigenvalue weighted by Gasteiger charge is 2.18. The Labute approximate surface area is 166 Å². The third-order valence-electron chi connectivity index (χ3n) is 4.34. The molecule has 2 aromatic carbocycles. The predicted molar refractivity (Wildman–Crippen MR) is 112 cm³/mol. The van der Waals surface area contributed by atoms with Gasteiger partial charge in [0.2, 0.25) is 0 Å². The summed E-state index contributed by atoms with van der Waals surface area (Å²) in [4.78, 5) is 20.0. The first-order chi connectivity index (χ1) is 13.2. The lowest BCUT2D eigenvalue weighted by Crippen LogP contribution is -2.31. The van der Waals surface area contributed by atoms with Crippen LogP contribution in [0.3, 0.4) is 0 Å². The van der Waals surface area contributed by atoms with E-state index in [1.54, 1.807) is 0 Å². The fourth-order valence-corrected chi connectivity index (χ4v) is 5.81. The van der Waals surface area contributed by atoms with Crippen LogP contribution >= 0.6 is 23.5 Å². The molecule has 1 amide bonds. The summed E-state index contributed by atoms with van der Waals surface area (Å²) < 4.78 is 6.15. The number of imidazole rings is 1. The van der Waals surface area contributed by atoms with Crippen molar-refractivity contribution in [1.82, 2.24) is 15.3 Å². The summed E-state index contributed by atoms with van der Waals surface area (Å²) in [5.74, 6) is 3.68. The summed E-state index contributed by atoms with van der Waals surface area (Å²) in [6, 6.07) is 15.6. The molecule has 1 fully saturated rings. The second-order valence-electron chi connectivity index (χ2n) is 6.36. The van der Waals surface area contributed by atoms with Crippen LogP contribution in [0.15, 0.2) is 48.5 Å². The largest absolute Gasteiger partial charge is 0.484 e. The van der Waals surface area contributed by atoms with Crippen LogP contribution in [-0.2, 0) is 4.79 Å². The molecule has 27 heavy (non-hydrogen) atoms. The van der Waals surface area contributed by atoms with Crippen LogP contribution in [0, 0.1) is 0 Å². The van der Waals surface area contributed by atoms with Gasteiger partial charge in [-0.25, -0.2) is 4.98 Å². The molecule has 2 heterocycles. The highest BCUT2D eigenvalue weighted by atomic mass is 32.2. The van der Waals surface area contributed by atoms with Gasteiger partial charge in [0.25, 0.3) is 5.91 Å². The Morgan fingerprint density at radius 2 is 1.96 bits per heavy atom. The molecule has 140 valence electrons. The number of nitrogens with one attached hydrogen (secondary N) is 2. The number of carbonyl (C=O) groups excluding carboxylic acids is 1. The molecule has 0 bridgehead atoms. The van der Waals surface area contributed by atoms with Gasteiger partial charge in [-0.2, -0.15) is 0 Å². The highest BCUT2D eigenvalue weighted by Crippen LogP contribution is 2.45. The quantitative estimate of drug-likeness (QED) is 0.647. The number of aromatic nitrogens is 2. The summed E-state index contributed by atoms with van der Waals surface area (Å²) in [6.45, 7) is 1.89. The smallest absolute Gasteiger partial charge is 0.258 e. The first kappa shape index (κ1) is 18.3. The number of H-pyrrole nitrogens is 1. The van der Waals surface area contributed by atoms with E-state index < -0.39 is 0 Å². The van der Waals surface area contributed by atoms with Crippen LogP contribution in [0.1, 0.15) is 28.9 Å². The number of aromatic amines is 1. The molecule has 4 rings (SSSR count). The minimum absolute atomic E-state index is 0.0170. The number of thioether (sulfide) groups is 2. The molecular weight excluding hydrogens is 378 g/mol. The molecule has 1 aliphatic heterocycles. The third-order valence-corrected chi connectivity index (χ3v) is 7.44. The summed E-state index contributed by atoms with van der Waals surface area (Å²) in [5, 5.41) is 2.92. The minimum atomic E-state index is -0.215. The van der Waals surface area contributed by atoms with Gasteiger partial charge in [0, 0.05) is 11.5 Å². The molecule has 1 atom stereocenters. The summed E-state index contributed by atoms with van der Waals surface area (Å²) in [6.07, 6.45) is 0. The number of benzene rings is 2. The molecule has 1 aromatic heterocycles. The average molecular weight is 400 g/mol. The van der Waals surface area contributed by atoms with E-state index >= 15 is 0 Å². The number of hydrogen-bond donors (Lipinski definition) is 2. The Balaban J connectivity index is 1.29.